The third kappa shape index (κ3) is 6.83. The van der Waals surface area contributed by atoms with Gasteiger partial charge >= 0.3 is 6.03 Å². The number of anilines is 1. The van der Waals surface area contributed by atoms with Crippen molar-refractivity contribution in [1.82, 2.24) is 20.0 Å². The van der Waals surface area contributed by atoms with Crippen molar-refractivity contribution >= 4 is 22.0 Å². The molecule has 0 aliphatic heterocycles. The van der Waals surface area contributed by atoms with E-state index in [1.165, 1.54) is 44.9 Å². The number of nitrogens with zero attached hydrogens (tertiary/aromatic N) is 2. The fourth-order valence-corrected chi connectivity index (χ4v) is 2.75. The summed E-state index contributed by atoms with van der Waals surface area (Å²) in [4.78, 5) is 25.0. The lowest BCUT2D eigenvalue weighted by molar-refractivity contribution is 0.254. The molecule has 2 amide bonds. The summed E-state index contributed by atoms with van der Waals surface area (Å²) < 4.78 is 31.8. The van der Waals surface area contributed by atoms with Crippen LogP contribution < -0.4 is 16.2 Å². The van der Waals surface area contributed by atoms with Crippen LogP contribution in [0.2, 0.25) is 0 Å². The van der Waals surface area contributed by atoms with Gasteiger partial charge in [-0.15, -0.1) is 0 Å². The molecule has 0 fully saturated rings. The van der Waals surface area contributed by atoms with E-state index < -0.39 is 21.7 Å². The van der Waals surface area contributed by atoms with Crippen molar-refractivity contribution in [3.8, 4) is 5.69 Å². The minimum absolute atomic E-state index is 0.179. The van der Waals surface area contributed by atoms with Crippen molar-refractivity contribution < 1.29 is 17.8 Å². The van der Waals surface area contributed by atoms with E-state index in [0.717, 1.165) is 16.8 Å². The highest BCUT2D eigenvalue weighted by Crippen LogP contribution is 2.12. The molecule has 1 heterocycles. The lowest BCUT2D eigenvalue weighted by Crippen LogP contribution is -2.24. The number of hydrogen-bond acceptors (Lipinski definition) is 5. The van der Waals surface area contributed by atoms with Gasteiger partial charge < -0.3 is 10.2 Å². The highest BCUT2D eigenvalue weighted by Gasteiger charge is 2.11. The zero-order valence-electron chi connectivity index (χ0n) is 16.4. The minimum atomic E-state index is -4.29. The first-order valence-electron chi connectivity index (χ1n) is 8.77. The molecule has 1 aromatic heterocycles. The van der Waals surface area contributed by atoms with E-state index in [1.54, 1.807) is 0 Å². The highest BCUT2D eigenvalue weighted by atomic mass is 32.2. The molecule has 0 saturated heterocycles. The van der Waals surface area contributed by atoms with Crippen LogP contribution in [0.15, 0.2) is 40.0 Å². The van der Waals surface area contributed by atoms with Crippen molar-refractivity contribution in [2.24, 2.45) is 0 Å². The van der Waals surface area contributed by atoms with E-state index in [1.807, 2.05) is 0 Å². The van der Waals surface area contributed by atoms with Gasteiger partial charge in [0.2, 0.25) is 0 Å². The number of aromatic amines is 1. The summed E-state index contributed by atoms with van der Waals surface area (Å²) in [5.41, 5.74) is -0.0987. The number of carbonyl (C=O) groups excluding carboxylic acids is 1. The summed E-state index contributed by atoms with van der Waals surface area (Å²) in [5.74, 6) is 0.179. The predicted octanol–water partition coefficient (Wildman–Crippen LogP) is 1.51. The average molecular weight is 414 g/mol. The summed E-state index contributed by atoms with van der Waals surface area (Å²) in [6.07, 6.45) is 0. The SMILES string of the molecule is CCN(CC)CC.CNC(=O)Nc1cc(=O)n(-c2ccc(S(=O)(=O)O)cc2)[nH]1. The summed E-state index contributed by atoms with van der Waals surface area (Å²) >= 11 is 0. The molecular formula is C17H27N5O5S. The fraction of sp³-hybridized carbons (Fsp3) is 0.412. The Balaban J connectivity index is 0.000000480. The topological polar surface area (TPSA) is 137 Å². The standard InChI is InChI=1S/C11H12N4O5S.C6H15N/c1-12-11(17)13-9-6-10(16)15(14-9)7-2-4-8(5-3-7)21(18,19)20;1-4-7(5-2)6-3/h2-6,14H,1H3,(H2,12,13,17)(H,18,19,20);4-6H2,1-3H3. The molecule has 0 aliphatic rings. The van der Waals surface area contributed by atoms with E-state index in [2.05, 4.69) is 41.4 Å². The van der Waals surface area contributed by atoms with Crippen molar-refractivity contribution in [2.45, 2.75) is 25.7 Å². The summed E-state index contributed by atoms with van der Waals surface area (Å²) in [5, 5.41) is 7.37. The van der Waals surface area contributed by atoms with E-state index >= 15 is 0 Å². The van der Waals surface area contributed by atoms with Gasteiger partial charge in [0.15, 0.2) is 0 Å². The Bertz CT molecular complexity index is 909. The molecule has 0 bridgehead atoms. The number of amides is 2. The lowest BCUT2D eigenvalue weighted by Gasteiger charge is -2.13. The maximum atomic E-state index is 11.8. The molecule has 156 valence electrons. The van der Waals surface area contributed by atoms with E-state index in [9.17, 15) is 18.0 Å². The highest BCUT2D eigenvalue weighted by molar-refractivity contribution is 7.85. The van der Waals surface area contributed by atoms with Crippen LogP contribution in [0.3, 0.4) is 0 Å². The third-order valence-corrected chi connectivity index (χ3v) is 4.80. The Morgan fingerprint density at radius 2 is 1.68 bits per heavy atom. The zero-order valence-corrected chi connectivity index (χ0v) is 17.2. The molecule has 1 aromatic carbocycles. The Morgan fingerprint density at radius 1 is 1.14 bits per heavy atom. The minimum Gasteiger partial charge on any atom is -0.341 e. The predicted molar refractivity (Wildman–Crippen MR) is 108 cm³/mol. The first kappa shape index (κ1) is 23.4. The van der Waals surface area contributed by atoms with Gasteiger partial charge in [0.25, 0.3) is 15.7 Å². The van der Waals surface area contributed by atoms with Gasteiger partial charge in [-0.25, -0.2) is 9.48 Å². The number of carbonyl (C=O) groups is 1. The number of benzene rings is 1. The maximum Gasteiger partial charge on any atom is 0.320 e. The van der Waals surface area contributed by atoms with Crippen LogP contribution in [0.1, 0.15) is 20.8 Å². The van der Waals surface area contributed by atoms with Crippen LogP contribution in [0.5, 0.6) is 0 Å². The molecule has 0 aliphatic carbocycles. The van der Waals surface area contributed by atoms with Crippen molar-refractivity contribution in [3.63, 3.8) is 0 Å². The molecule has 10 nitrogen and oxygen atoms in total. The van der Waals surface area contributed by atoms with Gasteiger partial charge in [-0.1, -0.05) is 20.8 Å². The van der Waals surface area contributed by atoms with E-state index in [0.29, 0.717) is 5.69 Å². The molecular weight excluding hydrogens is 386 g/mol. The number of nitrogens with one attached hydrogen (secondary N) is 3. The number of urea groups is 1. The normalized spacial score (nSPS) is 10.9. The van der Waals surface area contributed by atoms with Crippen LogP contribution in [-0.4, -0.2) is 60.4 Å². The summed E-state index contributed by atoms with van der Waals surface area (Å²) in [6, 6.07) is 5.67. The van der Waals surface area contributed by atoms with Gasteiger partial charge in [0.05, 0.1) is 10.6 Å². The second-order valence-electron chi connectivity index (χ2n) is 5.64. The molecule has 2 rings (SSSR count). The van der Waals surface area contributed by atoms with Gasteiger partial charge in [-0.2, -0.15) is 8.42 Å². The van der Waals surface area contributed by atoms with E-state index in [4.69, 9.17) is 4.55 Å². The van der Waals surface area contributed by atoms with Gasteiger partial charge in [-0.05, 0) is 43.9 Å². The molecule has 0 unspecified atom stereocenters. The van der Waals surface area contributed by atoms with Crippen LogP contribution in [-0.2, 0) is 10.1 Å². The van der Waals surface area contributed by atoms with Crippen molar-refractivity contribution in [1.29, 1.82) is 0 Å². The molecule has 4 N–H and O–H groups in total. The van der Waals surface area contributed by atoms with Crippen LogP contribution in [0.25, 0.3) is 5.69 Å². The zero-order chi connectivity index (χ0) is 21.3. The molecule has 0 spiro atoms. The molecule has 28 heavy (non-hydrogen) atoms. The van der Waals surface area contributed by atoms with E-state index in [-0.39, 0.29) is 10.7 Å². The largest absolute Gasteiger partial charge is 0.341 e. The Labute approximate surface area is 164 Å². The molecule has 0 radical (unpaired) electrons. The van der Waals surface area contributed by atoms with Gasteiger partial charge in [0.1, 0.15) is 5.82 Å². The van der Waals surface area contributed by atoms with Gasteiger partial charge in [0, 0.05) is 13.1 Å². The fourth-order valence-electron chi connectivity index (χ4n) is 2.27. The van der Waals surface area contributed by atoms with Crippen LogP contribution in [0, 0.1) is 0 Å². The second kappa shape index (κ2) is 10.6. The van der Waals surface area contributed by atoms with Crippen LogP contribution >= 0.6 is 0 Å². The Morgan fingerprint density at radius 3 is 2.07 bits per heavy atom. The number of rotatable bonds is 6. The number of hydrogen-bond donors (Lipinski definition) is 4. The Kier molecular flexibility index (Phi) is 8.89. The molecule has 2 aromatic rings. The number of aromatic nitrogens is 2. The summed E-state index contributed by atoms with van der Waals surface area (Å²) in [7, 11) is -2.86. The summed E-state index contributed by atoms with van der Waals surface area (Å²) in [6.45, 7) is 10.1. The van der Waals surface area contributed by atoms with Crippen molar-refractivity contribution in [3.05, 3.63) is 40.7 Å². The third-order valence-electron chi connectivity index (χ3n) is 3.93. The smallest absolute Gasteiger partial charge is 0.320 e. The second-order valence-corrected chi connectivity index (χ2v) is 7.06. The first-order valence-corrected chi connectivity index (χ1v) is 10.2. The van der Waals surface area contributed by atoms with Crippen LogP contribution in [0.4, 0.5) is 10.6 Å². The molecule has 0 saturated carbocycles. The first-order chi connectivity index (χ1) is 13.2. The quantitative estimate of drug-likeness (QED) is 0.530. The van der Waals surface area contributed by atoms with Gasteiger partial charge in [-0.3, -0.25) is 19.8 Å². The number of H-pyrrole nitrogens is 1. The lowest BCUT2D eigenvalue weighted by atomic mass is 10.3. The monoisotopic (exact) mass is 413 g/mol. The Hall–Kier alpha value is -2.63. The van der Waals surface area contributed by atoms with Crippen molar-refractivity contribution in [2.75, 3.05) is 32.0 Å². The molecule has 11 heteroatoms. The maximum absolute atomic E-state index is 11.8. The molecule has 0 atom stereocenters. The average Bonchev–Trinajstić information content (AvgIpc) is 3.03.